The van der Waals surface area contributed by atoms with Gasteiger partial charge in [0.2, 0.25) is 0 Å². The van der Waals surface area contributed by atoms with Gasteiger partial charge in [-0.1, -0.05) is 6.92 Å². The second kappa shape index (κ2) is 7.06. The van der Waals surface area contributed by atoms with Crippen LogP contribution in [-0.4, -0.2) is 44.6 Å². The van der Waals surface area contributed by atoms with Crippen molar-refractivity contribution in [3.05, 3.63) is 12.6 Å². The van der Waals surface area contributed by atoms with Crippen LogP contribution < -0.4 is 0 Å². The molecular weight excluding hydrogens is 197 g/mol. The molecule has 0 aromatic carbocycles. The van der Waals surface area contributed by atoms with E-state index in [1.807, 2.05) is 0 Å². The number of rotatable bonds is 6. The Morgan fingerprint density at radius 3 is 2.27 bits per heavy atom. The third kappa shape index (κ3) is 6.73. The molecule has 0 N–H and O–H groups in total. The van der Waals surface area contributed by atoms with E-state index in [-0.39, 0.29) is 13.0 Å². The van der Waals surface area contributed by atoms with Crippen LogP contribution in [-0.2, 0) is 18.9 Å². The van der Waals surface area contributed by atoms with Crippen molar-refractivity contribution in [3.8, 4) is 0 Å². The van der Waals surface area contributed by atoms with Gasteiger partial charge in [0.15, 0.2) is 0 Å². The van der Waals surface area contributed by atoms with E-state index in [0.717, 1.165) is 0 Å². The number of nitrogens with zero attached hydrogens (tertiary/aromatic N) is 1. The molecule has 0 heterocycles. The monoisotopic (exact) mass is 213 g/mol. The Morgan fingerprint density at radius 2 is 1.87 bits per heavy atom. The molecule has 0 saturated heterocycles. The maximum absolute atomic E-state index is 11.2. The van der Waals surface area contributed by atoms with E-state index in [1.54, 1.807) is 25.9 Å². The Labute approximate surface area is 90.2 Å². The van der Waals surface area contributed by atoms with Crippen LogP contribution in [0.3, 0.4) is 0 Å². The first-order valence-corrected chi connectivity index (χ1v) is 4.65. The number of likely N-dealkylation sites (N-methyl/N-ethyl adjacent to an activating group) is 1. The number of carbonyl (C=O) groups excluding carboxylic acids is 2. The first-order chi connectivity index (χ1) is 6.99. The average molecular weight is 213 g/mol. The Morgan fingerprint density at radius 1 is 1.33 bits per heavy atom. The molecule has 0 unspecified atom stereocenters. The molecule has 5 nitrogen and oxygen atoms in total. The molecule has 6 heteroatoms. The minimum Gasteiger partial charge on any atom is -0.496 e. The fraction of sp³-hybridized carbons (Fsp3) is 0.556. The standard InChI is InChI=1S/C9H16BNO4/c1-5-8(12)14-10(6-2)15-9(13)7-11(3)4/h6H,2,5,7H2,1,3-4H3. The largest absolute Gasteiger partial charge is 0.628 e. The second-order valence-corrected chi connectivity index (χ2v) is 3.18. The van der Waals surface area contributed by atoms with Crippen molar-refractivity contribution in [1.29, 1.82) is 0 Å². The lowest BCUT2D eigenvalue weighted by Gasteiger charge is -2.13. The summed E-state index contributed by atoms with van der Waals surface area (Å²) in [5.41, 5.74) is 0. The van der Waals surface area contributed by atoms with Gasteiger partial charge in [0.1, 0.15) is 0 Å². The molecule has 0 bridgehead atoms. The van der Waals surface area contributed by atoms with Crippen LogP contribution in [0.4, 0.5) is 0 Å². The topological polar surface area (TPSA) is 55.8 Å². The molecule has 0 aliphatic rings. The normalized spacial score (nSPS) is 9.60. The van der Waals surface area contributed by atoms with Crippen molar-refractivity contribution < 1.29 is 18.9 Å². The summed E-state index contributed by atoms with van der Waals surface area (Å²) in [4.78, 5) is 23.8. The Hall–Kier alpha value is -1.30. The molecule has 0 spiro atoms. The molecule has 0 aliphatic heterocycles. The molecule has 0 rings (SSSR count). The molecule has 84 valence electrons. The summed E-state index contributed by atoms with van der Waals surface area (Å²) in [6.07, 6.45) is 0.232. The summed E-state index contributed by atoms with van der Waals surface area (Å²) in [5, 5.41) is 0. The molecule has 0 aliphatic carbocycles. The zero-order valence-corrected chi connectivity index (χ0v) is 9.36. The van der Waals surface area contributed by atoms with Crippen molar-refractivity contribution in [1.82, 2.24) is 4.90 Å². The van der Waals surface area contributed by atoms with Crippen molar-refractivity contribution in [2.24, 2.45) is 0 Å². The van der Waals surface area contributed by atoms with E-state index in [0.29, 0.717) is 0 Å². The molecule has 0 fully saturated rings. The highest BCUT2D eigenvalue weighted by Gasteiger charge is 2.23. The van der Waals surface area contributed by atoms with Gasteiger partial charge in [0.25, 0.3) is 5.97 Å². The SMILES string of the molecule is C=CB(OC(=O)CC)OC(=O)CN(C)C. The smallest absolute Gasteiger partial charge is 0.496 e. The number of hydrogen-bond donors (Lipinski definition) is 0. The maximum Gasteiger partial charge on any atom is 0.628 e. The highest BCUT2D eigenvalue weighted by Crippen LogP contribution is 1.96. The van der Waals surface area contributed by atoms with E-state index in [1.165, 1.54) is 5.98 Å². The molecule has 0 saturated carbocycles. The van der Waals surface area contributed by atoms with Gasteiger partial charge in [-0.3, -0.25) is 14.5 Å². The number of carbonyl (C=O) groups is 2. The van der Waals surface area contributed by atoms with Gasteiger partial charge in [-0.25, -0.2) is 0 Å². The van der Waals surface area contributed by atoms with E-state index >= 15 is 0 Å². The van der Waals surface area contributed by atoms with Crippen LogP contribution in [0.15, 0.2) is 12.6 Å². The van der Waals surface area contributed by atoms with Crippen LogP contribution in [0.2, 0.25) is 0 Å². The minimum atomic E-state index is -0.995. The molecule has 0 amide bonds. The predicted octanol–water partition coefficient (Wildman–Crippen LogP) is 0.258. The summed E-state index contributed by atoms with van der Waals surface area (Å²) >= 11 is 0. The van der Waals surface area contributed by atoms with Gasteiger partial charge in [-0.15, -0.1) is 6.58 Å². The van der Waals surface area contributed by atoms with Crippen LogP contribution in [0.25, 0.3) is 0 Å². The molecule has 0 radical (unpaired) electrons. The predicted molar refractivity (Wildman–Crippen MR) is 57.0 cm³/mol. The lowest BCUT2D eigenvalue weighted by Crippen LogP contribution is -2.32. The van der Waals surface area contributed by atoms with Crippen LogP contribution in [0, 0.1) is 0 Å². The van der Waals surface area contributed by atoms with Crippen LogP contribution >= 0.6 is 0 Å². The van der Waals surface area contributed by atoms with Crippen molar-refractivity contribution in [3.63, 3.8) is 0 Å². The summed E-state index contributed by atoms with van der Waals surface area (Å²) in [6, 6.07) is 0. The van der Waals surface area contributed by atoms with Gasteiger partial charge < -0.3 is 9.31 Å². The molecule has 15 heavy (non-hydrogen) atoms. The van der Waals surface area contributed by atoms with Gasteiger partial charge in [-0.2, -0.15) is 0 Å². The Kier molecular flexibility index (Phi) is 6.45. The van der Waals surface area contributed by atoms with Gasteiger partial charge in [0.05, 0.1) is 6.54 Å². The summed E-state index contributed by atoms with van der Waals surface area (Å²) in [6.45, 7) is 5.20. The third-order valence-corrected chi connectivity index (χ3v) is 1.42. The van der Waals surface area contributed by atoms with Crippen molar-refractivity contribution in [2.45, 2.75) is 13.3 Å². The van der Waals surface area contributed by atoms with E-state index in [4.69, 9.17) is 9.31 Å². The second-order valence-electron chi connectivity index (χ2n) is 3.18. The lowest BCUT2D eigenvalue weighted by atomic mass is 9.91. The molecule has 0 aromatic heterocycles. The van der Waals surface area contributed by atoms with E-state index in [9.17, 15) is 9.59 Å². The molecular formula is C9H16BNO4. The average Bonchev–Trinajstić information content (AvgIpc) is 2.15. The first-order valence-electron chi connectivity index (χ1n) is 4.65. The van der Waals surface area contributed by atoms with Gasteiger partial charge in [0, 0.05) is 6.42 Å². The Balaban J connectivity index is 4.04. The minimum absolute atomic E-state index is 0.133. The Bertz CT molecular complexity index is 242. The number of hydrogen-bond acceptors (Lipinski definition) is 5. The quantitative estimate of drug-likeness (QED) is 0.592. The van der Waals surface area contributed by atoms with E-state index < -0.39 is 19.1 Å². The summed E-state index contributed by atoms with van der Waals surface area (Å²) < 4.78 is 9.62. The highest BCUT2D eigenvalue weighted by molar-refractivity contribution is 6.54. The van der Waals surface area contributed by atoms with Gasteiger partial charge >= 0.3 is 13.1 Å². The van der Waals surface area contributed by atoms with E-state index in [2.05, 4.69) is 6.58 Å². The third-order valence-electron chi connectivity index (χ3n) is 1.42. The highest BCUT2D eigenvalue weighted by atomic mass is 16.6. The van der Waals surface area contributed by atoms with Gasteiger partial charge in [-0.05, 0) is 20.1 Å². The fourth-order valence-electron chi connectivity index (χ4n) is 0.758. The fourth-order valence-corrected chi connectivity index (χ4v) is 0.758. The molecule has 0 aromatic rings. The summed E-state index contributed by atoms with van der Waals surface area (Å²) in [5.74, 6) is 0.368. The maximum atomic E-state index is 11.2. The first kappa shape index (κ1) is 13.7. The summed E-state index contributed by atoms with van der Waals surface area (Å²) in [7, 11) is 2.48. The zero-order valence-electron chi connectivity index (χ0n) is 9.36. The lowest BCUT2D eigenvalue weighted by molar-refractivity contribution is -0.140. The van der Waals surface area contributed by atoms with Crippen molar-refractivity contribution >= 4 is 19.1 Å². The van der Waals surface area contributed by atoms with Crippen molar-refractivity contribution in [2.75, 3.05) is 20.6 Å². The molecule has 0 atom stereocenters. The zero-order chi connectivity index (χ0) is 11.8. The van der Waals surface area contributed by atoms with Crippen LogP contribution in [0.1, 0.15) is 13.3 Å². The van der Waals surface area contributed by atoms with Crippen LogP contribution in [0.5, 0.6) is 0 Å².